The van der Waals surface area contributed by atoms with Gasteiger partial charge in [0.05, 0.1) is 0 Å². The van der Waals surface area contributed by atoms with Gasteiger partial charge in [-0.25, -0.2) is 0 Å². The lowest BCUT2D eigenvalue weighted by atomic mass is 9.92. The minimum atomic E-state index is 1.28. The van der Waals surface area contributed by atoms with Gasteiger partial charge in [0, 0.05) is 40.3 Å². The monoisotopic (exact) mass is 466 g/mol. The van der Waals surface area contributed by atoms with E-state index in [1.165, 1.54) is 73.0 Å². The Balaban J connectivity index is 1.47. The van der Waals surface area contributed by atoms with Gasteiger partial charge in [-0.3, -0.25) is 0 Å². The molecule has 0 aliphatic carbocycles. The Morgan fingerprint density at radius 2 is 0.941 bits per heavy atom. The molecule has 0 atom stereocenters. The van der Waals surface area contributed by atoms with Crippen LogP contribution in [-0.2, 0) is 0 Å². The van der Waals surface area contributed by atoms with Gasteiger partial charge in [0.1, 0.15) is 0 Å². The van der Waals surface area contributed by atoms with E-state index in [1.54, 1.807) is 0 Å². The van der Waals surface area contributed by atoms with Crippen molar-refractivity contribution >= 4 is 84.6 Å². The zero-order valence-electron chi connectivity index (χ0n) is 18.2. The summed E-state index contributed by atoms with van der Waals surface area (Å²) in [4.78, 5) is 0. The van der Waals surface area contributed by atoms with Gasteiger partial charge in [-0.05, 0) is 75.1 Å². The van der Waals surface area contributed by atoms with E-state index in [0.717, 1.165) is 0 Å². The van der Waals surface area contributed by atoms with E-state index >= 15 is 0 Å². The highest BCUT2D eigenvalue weighted by molar-refractivity contribution is 7.26. The molecule has 2 aromatic heterocycles. The zero-order valence-corrected chi connectivity index (χ0v) is 19.8. The van der Waals surface area contributed by atoms with Gasteiger partial charge in [-0.15, -0.1) is 22.7 Å². The number of thiophene rings is 2. The summed E-state index contributed by atoms with van der Waals surface area (Å²) in [6.45, 7) is 0. The number of hydrogen-bond donors (Lipinski definition) is 0. The summed E-state index contributed by atoms with van der Waals surface area (Å²) < 4.78 is 5.41. The zero-order chi connectivity index (χ0) is 22.2. The fourth-order valence-electron chi connectivity index (χ4n) is 5.46. The van der Waals surface area contributed by atoms with Crippen LogP contribution in [0.15, 0.2) is 109 Å². The Morgan fingerprint density at radius 1 is 0.353 bits per heavy atom. The van der Waals surface area contributed by atoms with Gasteiger partial charge < -0.3 is 0 Å². The molecule has 0 aliphatic rings. The van der Waals surface area contributed by atoms with Crippen molar-refractivity contribution in [1.29, 1.82) is 0 Å². The van der Waals surface area contributed by atoms with Crippen LogP contribution < -0.4 is 0 Å². The van der Waals surface area contributed by atoms with E-state index in [1.807, 2.05) is 22.7 Å². The van der Waals surface area contributed by atoms with Crippen molar-refractivity contribution in [2.45, 2.75) is 0 Å². The molecule has 0 aliphatic heterocycles. The van der Waals surface area contributed by atoms with Gasteiger partial charge in [-0.2, -0.15) is 0 Å². The Morgan fingerprint density at radius 3 is 1.71 bits per heavy atom. The normalized spacial score (nSPS) is 12.1. The molecule has 0 spiro atoms. The third kappa shape index (κ3) is 2.58. The molecule has 0 bridgehead atoms. The lowest BCUT2D eigenvalue weighted by Gasteiger charge is -2.12. The minimum Gasteiger partial charge on any atom is -0.135 e. The van der Waals surface area contributed by atoms with Crippen LogP contribution >= 0.6 is 22.7 Å². The molecule has 2 heterocycles. The molecule has 0 saturated heterocycles. The second-order valence-corrected chi connectivity index (χ2v) is 11.1. The Bertz CT molecular complexity index is 2070. The van der Waals surface area contributed by atoms with Crippen molar-refractivity contribution in [3.8, 4) is 11.1 Å². The molecule has 8 rings (SSSR count). The van der Waals surface area contributed by atoms with Crippen LogP contribution in [0.2, 0.25) is 0 Å². The Labute approximate surface area is 204 Å². The summed E-state index contributed by atoms with van der Waals surface area (Å²) in [7, 11) is 0. The van der Waals surface area contributed by atoms with Crippen LogP contribution in [0.3, 0.4) is 0 Å². The van der Waals surface area contributed by atoms with Crippen molar-refractivity contribution in [3.05, 3.63) is 109 Å². The maximum absolute atomic E-state index is 2.41. The van der Waals surface area contributed by atoms with Gasteiger partial charge in [-0.1, -0.05) is 66.7 Å². The highest BCUT2D eigenvalue weighted by Gasteiger charge is 2.13. The molecule has 0 fully saturated rings. The van der Waals surface area contributed by atoms with Gasteiger partial charge >= 0.3 is 0 Å². The number of rotatable bonds is 1. The lowest BCUT2D eigenvalue weighted by molar-refractivity contribution is 1.73. The van der Waals surface area contributed by atoms with Crippen LogP contribution in [0.1, 0.15) is 0 Å². The summed E-state index contributed by atoms with van der Waals surface area (Å²) in [6.07, 6.45) is 0. The van der Waals surface area contributed by atoms with Gasteiger partial charge in [0.15, 0.2) is 0 Å². The topological polar surface area (TPSA) is 0 Å². The maximum atomic E-state index is 2.41. The van der Waals surface area contributed by atoms with E-state index < -0.39 is 0 Å². The fraction of sp³-hybridized carbons (Fsp3) is 0. The van der Waals surface area contributed by atoms with Crippen LogP contribution in [0, 0.1) is 0 Å². The first-order valence-corrected chi connectivity index (χ1v) is 13.2. The van der Waals surface area contributed by atoms with Gasteiger partial charge in [0.25, 0.3) is 0 Å². The molecular weight excluding hydrogens is 448 g/mol. The summed E-state index contributed by atoms with van der Waals surface area (Å²) >= 11 is 3.77. The largest absolute Gasteiger partial charge is 0.135 e. The maximum Gasteiger partial charge on any atom is 0.0361 e. The lowest BCUT2D eigenvalue weighted by Crippen LogP contribution is -1.85. The molecule has 0 radical (unpaired) electrons. The van der Waals surface area contributed by atoms with Crippen LogP contribution in [0.5, 0.6) is 0 Å². The molecule has 6 aromatic carbocycles. The smallest absolute Gasteiger partial charge is 0.0361 e. The second-order valence-electron chi connectivity index (χ2n) is 8.95. The van der Waals surface area contributed by atoms with Crippen molar-refractivity contribution < 1.29 is 0 Å². The Hall–Kier alpha value is -3.72. The van der Waals surface area contributed by atoms with Crippen LogP contribution in [0.25, 0.3) is 73.0 Å². The quantitative estimate of drug-likeness (QED) is 0.211. The van der Waals surface area contributed by atoms with Crippen LogP contribution in [-0.4, -0.2) is 0 Å². The highest BCUT2D eigenvalue weighted by Crippen LogP contribution is 2.42. The molecule has 2 heteroatoms. The molecule has 8 aromatic rings. The second kappa shape index (κ2) is 6.89. The predicted octanol–water partition coefficient (Wildman–Crippen LogP) is 10.4. The van der Waals surface area contributed by atoms with E-state index in [0.29, 0.717) is 0 Å². The first-order chi connectivity index (χ1) is 16.8. The molecular formula is C32H18S2. The molecule has 0 unspecified atom stereocenters. The number of benzene rings is 6. The first-order valence-electron chi connectivity index (χ1n) is 11.5. The third-order valence-corrected chi connectivity index (χ3v) is 9.33. The van der Waals surface area contributed by atoms with E-state index in [2.05, 4.69) is 109 Å². The molecule has 0 N–H and O–H groups in total. The fourth-order valence-corrected chi connectivity index (χ4v) is 7.68. The van der Waals surface area contributed by atoms with Crippen LogP contribution in [0.4, 0.5) is 0 Å². The first kappa shape index (κ1) is 18.7. The predicted molar refractivity (Wildman–Crippen MR) is 153 cm³/mol. The number of fused-ring (bicyclic) bond motifs is 9. The Kier molecular flexibility index (Phi) is 3.79. The average Bonchev–Trinajstić information content (AvgIpc) is 3.44. The van der Waals surface area contributed by atoms with Crippen molar-refractivity contribution in [2.24, 2.45) is 0 Å². The molecule has 0 nitrogen and oxygen atoms in total. The van der Waals surface area contributed by atoms with Crippen molar-refractivity contribution in [2.75, 3.05) is 0 Å². The van der Waals surface area contributed by atoms with Crippen molar-refractivity contribution in [3.63, 3.8) is 0 Å². The summed E-state index contributed by atoms with van der Waals surface area (Å²) in [5.74, 6) is 0. The summed E-state index contributed by atoms with van der Waals surface area (Å²) in [5.41, 5.74) is 2.59. The van der Waals surface area contributed by atoms with E-state index in [-0.39, 0.29) is 0 Å². The van der Waals surface area contributed by atoms with Crippen molar-refractivity contribution in [1.82, 2.24) is 0 Å². The molecule has 158 valence electrons. The molecule has 0 saturated carbocycles. The standard InChI is InChI=1S/C32H18S2/c1-2-8-22-21(7-1)25(19-13-14-31-27(15-19)23-9-3-5-11-29(23)33-31)16-20-17-32-28(18-26(20)22)24-10-4-6-12-30(24)34-32/h1-18H. The summed E-state index contributed by atoms with van der Waals surface area (Å²) in [6, 6.07) is 40.6. The SMILES string of the molecule is c1ccc2c(c1)sc1ccc(-c3cc4cc5sc6ccccc6c5cc4c4ccccc34)cc12. The van der Waals surface area contributed by atoms with E-state index in [9.17, 15) is 0 Å². The molecule has 34 heavy (non-hydrogen) atoms. The average molecular weight is 467 g/mol. The number of hydrogen-bond acceptors (Lipinski definition) is 2. The molecule has 0 amide bonds. The third-order valence-electron chi connectivity index (χ3n) is 7.04. The highest BCUT2D eigenvalue weighted by atomic mass is 32.1. The summed E-state index contributed by atoms with van der Waals surface area (Å²) in [5, 5.41) is 10.7. The minimum absolute atomic E-state index is 1.28. The van der Waals surface area contributed by atoms with E-state index in [4.69, 9.17) is 0 Å². The van der Waals surface area contributed by atoms with Gasteiger partial charge in [0.2, 0.25) is 0 Å².